The number of Topliss-reactive ketones (excluding diaryl/α,β-unsaturated/α-hetero) is 2. The van der Waals surface area contributed by atoms with Crippen molar-refractivity contribution in [3.63, 3.8) is 0 Å². The number of benzene rings is 1. The molecule has 0 aliphatic carbocycles. The summed E-state index contributed by atoms with van der Waals surface area (Å²) in [5.41, 5.74) is 1.16. The van der Waals surface area contributed by atoms with Gasteiger partial charge in [-0.1, -0.05) is 71.4 Å². The van der Waals surface area contributed by atoms with Crippen LogP contribution < -0.4 is 0 Å². The molecular formula is C39H59N3O6S. The van der Waals surface area contributed by atoms with Gasteiger partial charge in [-0.15, -0.1) is 11.3 Å². The van der Waals surface area contributed by atoms with Gasteiger partial charge in [0.05, 0.1) is 35.7 Å². The average molecular weight is 698 g/mol. The fourth-order valence-corrected chi connectivity index (χ4v) is 8.27. The van der Waals surface area contributed by atoms with Crippen molar-refractivity contribution in [3.05, 3.63) is 52.5 Å². The van der Waals surface area contributed by atoms with Gasteiger partial charge in [-0.05, 0) is 43.6 Å². The number of carbonyl (C=O) groups is 4. The largest absolute Gasteiger partial charge is 0.379 e. The summed E-state index contributed by atoms with van der Waals surface area (Å²) in [6.45, 7) is 12.1. The first-order chi connectivity index (χ1) is 23.3. The number of thiazole rings is 1. The minimum Gasteiger partial charge on any atom is -0.379 e. The van der Waals surface area contributed by atoms with Gasteiger partial charge in [0.25, 0.3) is 0 Å². The molecule has 1 aromatic heterocycles. The van der Waals surface area contributed by atoms with E-state index in [4.69, 9.17) is 9.47 Å². The van der Waals surface area contributed by atoms with Crippen LogP contribution in [0.1, 0.15) is 96.6 Å². The Kier molecular flexibility index (Phi) is 16.1. The SMILES string of the molecule is CCC(C)[C@@H]([C@@H](CC(=O)N1CCC[C@H]1[C@H](OC)[C@@H](C)C(=O)C[C@@H](Cc1ccccc1)c1nccs1)OC)N(C)C(=O)[C@@H](CC(C)=O)C(C)C. The predicted octanol–water partition coefficient (Wildman–Crippen LogP) is 6.60. The highest BCUT2D eigenvalue weighted by Gasteiger charge is 2.43. The van der Waals surface area contributed by atoms with Crippen LogP contribution in [0.3, 0.4) is 0 Å². The molecule has 0 saturated carbocycles. The molecule has 1 aliphatic rings. The van der Waals surface area contributed by atoms with E-state index >= 15 is 0 Å². The van der Waals surface area contributed by atoms with E-state index in [0.717, 1.165) is 36.3 Å². The molecule has 0 radical (unpaired) electrons. The van der Waals surface area contributed by atoms with Crippen LogP contribution in [0.4, 0.5) is 0 Å². The van der Waals surface area contributed by atoms with Gasteiger partial charge in [0.15, 0.2) is 0 Å². The van der Waals surface area contributed by atoms with Crippen LogP contribution in [-0.4, -0.2) is 90.3 Å². The van der Waals surface area contributed by atoms with Gasteiger partial charge in [0.1, 0.15) is 11.6 Å². The lowest BCUT2D eigenvalue weighted by atomic mass is 9.85. The maximum Gasteiger partial charge on any atom is 0.226 e. The zero-order chi connectivity index (χ0) is 36.2. The quantitative estimate of drug-likeness (QED) is 0.154. The van der Waals surface area contributed by atoms with E-state index in [1.165, 1.54) is 6.92 Å². The maximum atomic E-state index is 14.1. The molecule has 1 saturated heterocycles. The highest BCUT2D eigenvalue weighted by molar-refractivity contribution is 7.09. The number of nitrogens with zero attached hydrogens (tertiary/aromatic N) is 3. The van der Waals surface area contributed by atoms with E-state index in [2.05, 4.69) is 31.0 Å². The monoisotopic (exact) mass is 697 g/mol. The van der Waals surface area contributed by atoms with Crippen molar-refractivity contribution in [2.45, 2.75) is 117 Å². The number of hydrogen-bond donors (Lipinski definition) is 0. The second-order valence-electron chi connectivity index (χ2n) is 14.3. The third-order valence-corrected chi connectivity index (χ3v) is 11.5. The molecule has 3 rings (SSSR count). The summed E-state index contributed by atoms with van der Waals surface area (Å²) in [7, 11) is 4.99. The van der Waals surface area contributed by atoms with Crippen molar-refractivity contribution in [2.75, 3.05) is 27.8 Å². The molecule has 9 nitrogen and oxygen atoms in total. The molecule has 49 heavy (non-hydrogen) atoms. The van der Waals surface area contributed by atoms with Crippen molar-refractivity contribution < 1.29 is 28.7 Å². The second kappa shape index (κ2) is 19.4. The Hall–Kier alpha value is -2.95. The molecule has 1 aliphatic heterocycles. The third-order valence-electron chi connectivity index (χ3n) is 10.6. The first-order valence-corrected chi connectivity index (χ1v) is 18.8. The van der Waals surface area contributed by atoms with Crippen molar-refractivity contribution in [2.24, 2.45) is 23.7 Å². The fourth-order valence-electron chi connectivity index (χ4n) is 7.53. The Morgan fingerprint density at radius 2 is 1.71 bits per heavy atom. The molecule has 1 fully saturated rings. The Balaban J connectivity index is 1.77. The van der Waals surface area contributed by atoms with Crippen LogP contribution in [0.15, 0.2) is 41.9 Å². The second-order valence-corrected chi connectivity index (χ2v) is 15.2. The van der Waals surface area contributed by atoms with Gasteiger partial charge < -0.3 is 24.1 Å². The molecule has 0 spiro atoms. The zero-order valence-corrected chi connectivity index (χ0v) is 31.9. The minimum atomic E-state index is -0.542. The van der Waals surface area contributed by atoms with Gasteiger partial charge in [-0.2, -0.15) is 0 Å². The summed E-state index contributed by atoms with van der Waals surface area (Å²) in [5.74, 6) is -0.943. The number of ketones is 2. The van der Waals surface area contributed by atoms with Crippen molar-refractivity contribution in [3.8, 4) is 0 Å². The molecule has 2 amide bonds. The first kappa shape index (κ1) is 40.5. The van der Waals surface area contributed by atoms with E-state index < -0.39 is 24.0 Å². The lowest BCUT2D eigenvalue weighted by molar-refractivity contribution is -0.148. The van der Waals surface area contributed by atoms with E-state index in [9.17, 15) is 19.2 Å². The molecule has 2 heterocycles. The zero-order valence-electron chi connectivity index (χ0n) is 31.1. The number of likely N-dealkylation sites (tertiary alicyclic amines) is 1. The fraction of sp³-hybridized carbons (Fsp3) is 0.667. The summed E-state index contributed by atoms with van der Waals surface area (Å²) >= 11 is 1.57. The summed E-state index contributed by atoms with van der Waals surface area (Å²) in [6.07, 6.45) is 4.49. The number of ether oxygens (including phenoxy) is 2. The predicted molar refractivity (Wildman–Crippen MR) is 194 cm³/mol. The van der Waals surface area contributed by atoms with Gasteiger partial charge in [-0.3, -0.25) is 14.4 Å². The van der Waals surface area contributed by atoms with Crippen LogP contribution in [-0.2, 0) is 35.1 Å². The van der Waals surface area contributed by atoms with Crippen LogP contribution in [0, 0.1) is 23.7 Å². The third kappa shape index (κ3) is 10.8. The summed E-state index contributed by atoms with van der Waals surface area (Å²) in [6, 6.07) is 9.57. The molecule has 1 aromatic carbocycles. The number of hydrogen-bond acceptors (Lipinski definition) is 8. The number of aromatic nitrogens is 1. The molecule has 272 valence electrons. The van der Waals surface area contributed by atoms with Crippen LogP contribution in [0.5, 0.6) is 0 Å². The lowest BCUT2D eigenvalue weighted by Gasteiger charge is -2.40. The molecular weight excluding hydrogens is 639 g/mol. The Labute approximate surface area is 298 Å². The number of likely N-dealkylation sites (N-methyl/N-ethyl adjacent to an activating group) is 1. The molecule has 1 unspecified atom stereocenters. The summed E-state index contributed by atoms with van der Waals surface area (Å²) in [4.78, 5) is 62.0. The molecule has 10 heteroatoms. The van der Waals surface area contributed by atoms with Gasteiger partial charge >= 0.3 is 0 Å². The van der Waals surface area contributed by atoms with Crippen LogP contribution >= 0.6 is 11.3 Å². The average Bonchev–Trinajstić information content (AvgIpc) is 3.80. The Morgan fingerprint density at radius 1 is 1.02 bits per heavy atom. The number of methoxy groups -OCH3 is 2. The maximum absolute atomic E-state index is 14.1. The number of amides is 2. The highest BCUT2D eigenvalue weighted by atomic mass is 32.1. The molecule has 2 aromatic rings. The van der Waals surface area contributed by atoms with E-state index in [1.807, 2.05) is 49.3 Å². The molecule has 0 bridgehead atoms. The first-order valence-electron chi connectivity index (χ1n) is 17.9. The number of carbonyl (C=O) groups excluding carboxylic acids is 4. The molecule has 8 atom stereocenters. The Morgan fingerprint density at radius 3 is 2.27 bits per heavy atom. The standard InChI is InChI=1S/C39H59N3O6S/c1-10-26(4)36(41(7)39(46)31(25(2)3)21-27(5)43)34(47-8)24-35(45)42-19-14-17-32(42)37(48-9)28(6)33(44)23-30(38-40-18-20-49-38)22-29-15-12-11-13-16-29/h11-13,15-16,18,20,25-26,28,30-32,34,36-37H,10,14,17,19,21-24H2,1-9H3/t26?,28-,30+,31-,32-,34+,36-,37+/m0/s1. The van der Waals surface area contributed by atoms with E-state index in [0.29, 0.717) is 13.0 Å². The van der Waals surface area contributed by atoms with Gasteiger partial charge in [0.2, 0.25) is 11.8 Å². The van der Waals surface area contributed by atoms with Crippen molar-refractivity contribution >= 4 is 34.7 Å². The highest BCUT2D eigenvalue weighted by Crippen LogP contribution is 2.33. The van der Waals surface area contributed by atoms with Gasteiger partial charge in [0, 0.05) is 70.0 Å². The van der Waals surface area contributed by atoms with Crippen molar-refractivity contribution in [1.82, 2.24) is 14.8 Å². The van der Waals surface area contributed by atoms with Gasteiger partial charge in [-0.25, -0.2) is 4.98 Å². The summed E-state index contributed by atoms with van der Waals surface area (Å²) < 4.78 is 12.0. The van der Waals surface area contributed by atoms with E-state index in [1.54, 1.807) is 43.7 Å². The summed E-state index contributed by atoms with van der Waals surface area (Å²) in [5, 5.41) is 2.89. The number of rotatable bonds is 20. The lowest BCUT2D eigenvalue weighted by Crippen LogP contribution is -2.54. The minimum absolute atomic E-state index is 0.00436. The van der Waals surface area contributed by atoms with Crippen LogP contribution in [0.2, 0.25) is 0 Å². The Bertz CT molecular complexity index is 1340. The van der Waals surface area contributed by atoms with Crippen LogP contribution in [0.25, 0.3) is 0 Å². The molecule has 0 N–H and O–H groups in total. The van der Waals surface area contributed by atoms with E-state index in [-0.39, 0.29) is 66.1 Å². The van der Waals surface area contributed by atoms with Crippen molar-refractivity contribution in [1.29, 1.82) is 0 Å². The topological polar surface area (TPSA) is 106 Å². The normalized spacial score (nSPS) is 19.1. The smallest absolute Gasteiger partial charge is 0.226 e.